The van der Waals surface area contributed by atoms with Crippen LogP contribution in [0.2, 0.25) is 0 Å². The fraction of sp³-hybridized carbons (Fsp3) is 0.429. The van der Waals surface area contributed by atoms with Gasteiger partial charge in [-0.1, -0.05) is 31.0 Å². The van der Waals surface area contributed by atoms with E-state index in [-0.39, 0.29) is 11.4 Å². The minimum absolute atomic E-state index is 0.183. The number of aliphatic hydroxyl groups is 1. The Morgan fingerprint density at radius 2 is 2.00 bits per heavy atom. The van der Waals surface area contributed by atoms with Crippen LogP contribution in [0.1, 0.15) is 26.7 Å². The monoisotopic (exact) mass is 234 g/mol. The second kappa shape index (κ2) is 7.38. The molecule has 2 atom stereocenters. The molecule has 2 unspecified atom stereocenters. The highest BCUT2D eigenvalue weighted by atomic mass is 32.2. The van der Waals surface area contributed by atoms with Gasteiger partial charge in [-0.25, -0.2) is 0 Å². The second-order valence-corrected chi connectivity index (χ2v) is 4.89. The molecule has 1 nitrogen and oxygen atoms in total. The number of benzene rings is 1. The van der Waals surface area contributed by atoms with Gasteiger partial charge in [0.2, 0.25) is 0 Å². The summed E-state index contributed by atoms with van der Waals surface area (Å²) < 4.78 is 0. The molecule has 0 fully saturated rings. The van der Waals surface area contributed by atoms with Gasteiger partial charge < -0.3 is 5.11 Å². The maximum absolute atomic E-state index is 9.65. The van der Waals surface area contributed by atoms with E-state index in [1.807, 2.05) is 32.0 Å². The van der Waals surface area contributed by atoms with Crippen LogP contribution in [-0.4, -0.2) is 16.5 Å². The van der Waals surface area contributed by atoms with E-state index in [2.05, 4.69) is 24.0 Å². The van der Waals surface area contributed by atoms with Crippen LogP contribution in [0.25, 0.3) is 0 Å². The van der Waals surface area contributed by atoms with Crippen molar-refractivity contribution < 1.29 is 5.11 Å². The highest BCUT2D eigenvalue weighted by Crippen LogP contribution is 2.26. The van der Waals surface area contributed by atoms with E-state index >= 15 is 0 Å². The molecule has 86 valence electrons. The average molecular weight is 234 g/mol. The molecule has 0 amide bonds. The lowest BCUT2D eigenvalue weighted by Crippen LogP contribution is -2.12. The zero-order valence-corrected chi connectivity index (χ0v) is 10.6. The highest BCUT2D eigenvalue weighted by molar-refractivity contribution is 8.00. The molecule has 0 heterocycles. The molecule has 16 heavy (non-hydrogen) atoms. The topological polar surface area (TPSA) is 20.2 Å². The van der Waals surface area contributed by atoms with Crippen molar-refractivity contribution >= 4 is 11.8 Å². The van der Waals surface area contributed by atoms with Gasteiger partial charge in [-0.05, 0) is 31.9 Å². The molecular weight excluding hydrogens is 216 g/mol. The molecule has 0 aliphatic carbocycles. The third-order valence-electron chi connectivity index (χ3n) is 2.28. The van der Waals surface area contributed by atoms with Crippen LogP contribution in [0.3, 0.4) is 0 Å². The summed E-state index contributed by atoms with van der Waals surface area (Å²) in [5, 5.41) is 9.83. The SMILES string of the molecule is CC#CC(CC(O)CC)Sc1ccccc1. The van der Waals surface area contributed by atoms with Crippen LogP contribution < -0.4 is 0 Å². The van der Waals surface area contributed by atoms with Crippen LogP contribution in [0.4, 0.5) is 0 Å². The quantitative estimate of drug-likeness (QED) is 0.623. The van der Waals surface area contributed by atoms with Crippen molar-refractivity contribution in [3.05, 3.63) is 30.3 Å². The van der Waals surface area contributed by atoms with Gasteiger partial charge in [0, 0.05) is 4.90 Å². The molecular formula is C14H18OS. The maximum atomic E-state index is 9.65. The third-order valence-corrected chi connectivity index (χ3v) is 3.42. The van der Waals surface area contributed by atoms with Crippen molar-refractivity contribution in [2.45, 2.75) is 42.9 Å². The number of thioether (sulfide) groups is 1. The summed E-state index contributed by atoms with van der Waals surface area (Å²) in [4.78, 5) is 1.21. The molecule has 1 aromatic carbocycles. The number of hydrogen-bond donors (Lipinski definition) is 1. The molecule has 0 radical (unpaired) electrons. The smallest absolute Gasteiger partial charge is 0.0728 e. The van der Waals surface area contributed by atoms with Gasteiger partial charge in [-0.3, -0.25) is 0 Å². The van der Waals surface area contributed by atoms with Crippen LogP contribution in [0.15, 0.2) is 35.2 Å². The lowest BCUT2D eigenvalue weighted by atomic mass is 10.1. The predicted octanol–water partition coefficient (Wildman–Crippen LogP) is 3.33. The first-order valence-corrected chi connectivity index (χ1v) is 6.46. The van der Waals surface area contributed by atoms with Crippen LogP contribution in [0.5, 0.6) is 0 Å². The van der Waals surface area contributed by atoms with E-state index in [0.29, 0.717) is 0 Å². The van der Waals surface area contributed by atoms with Crippen molar-refractivity contribution in [3.8, 4) is 11.8 Å². The van der Waals surface area contributed by atoms with E-state index in [0.717, 1.165) is 12.8 Å². The standard InChI is InChI=1S/C14H18OS/c1-3-8-14(11-12(15)4-2)16-13-9-6-5-7-10-13/h5-7,9-10,12,14-15H,4,11H2,1-2H3. The van der Waals surface area contributed by atoms with E-state index < -0.39 is 0 Å². The van der Waals surface area contributed by atoms with Crippen LogP contribution in [0, 0.1) is 11.8 Å². The lowest BCUT2D eigenvalue weighted by molar-refractivity contribution is 0.163. The predicted molar refractivity (Wildman–Crippen MR) is 70.5 cm³/mol. The van der Waals surface area contributed by atoms with E-state index in [1.54, 1.807) is 11.8 Å². The van der Waals surface area contributed by atoms with Gasteiger partial charge in [0.1, 0.15) is 0 Å². The zero-order chi connectivity index (χ0) is 11.8. The van der Waals surface area contributed by atoms with Crippen molar-refractivity contribution in [3.63, 3.8) is 0 Å². The van der Waals surface area contributed by atoms with Gasteiger partial charge in [0.25, 0.3) is 0 Å². The van der Waals surface area contributed by atoms with Crippen molar-refractivity contribution in [2.75, 3.05) is 0 Å². The molecule has 0 aromatic heterocycles. The number of hydrogen-bond acceptors (Lipinski definition) is 2. The lowest BCUT2D eigenvalue weighted by Gasteiger charge is -2.14. The van der Waals surface area contributed by atoms with E-state index in [9.17, 15) is 5.11 Å². The van der Waals surface area contributed by atoms with E-state index in [4.69, 9.17) is 0 Å². The Labute approximate surface area is 102 Å². The molecule has 1 rings (SSSR count). The fourth-order valence-electron chi connectivity index (χ4n) is 1.37. The molecule has 0 saturated carbocycles. The minimum Gasteiger partial charge on any atom is -0.393 e. The first kappa shape index (κ1) is 13.2. The summed E-state index contributed by atoms with van der Waals surface area (Å²) >= 11 is 1.72. The Morgan fingerprint density at radius 3 is 2.56 bits per heavy atom. The summed E-state index contributed by atoms with van der Waals surface area (Å²) in [7, 11) is 0. The normalized spacial score (nSPS) is 13.7. The fourth-order valence-corrected chi connectivity index (χ4v) is 2.51. The Balaban J connectivity index is 2.60. The average Bonchev–Trinajstić information content (AvgIpc) is 2.30. The summed E-state index contributed by atoms with van der Waals surface area (Å²) in [5.74, 6) is 6.08. The first-order valence-electron chi connectivity index (χ1n) is 5.58. The number of rotatable bonds is 5. The molecule has 0 aliphatic heterocycles. The molecule has 0 aliphatic rings. The molecule has 1 aromatic rings. The Kier molecular flexibility index (Phi) is 6.07. The van der Waals surface area contributed by atoms with Crippen molar-refractivity contribution in [2.24, 2.45) is 0 Å². The van der Waals surface area contributed by atoms with Crippen molar-refractivity contribution in [1.82, 2.24) is 0 Å². The zero-order valence-electron chi connectivity index (χ0n) is 9.81. The van der Waals surface area contributed by atoms with Gasteiger partial charge >= 0.3 is 0 Å². The van der Waals surface area contributed by atoms with Gasteiger partial charge in [0.15, 0.2) is 0 Å². The largest absolute Gasteiger partial charge is 0.393 e. The maximum Gasteiger partial charge on any atom is 0.0728 e. The summed E-state index contributed by atoms with van der Waals surface area (Å²) in [6.07, 6.45) is 1.27. The summed E-state index contributed by atoms with van der Waals surface area (Å²) in [6, 6.07) is 10.2. The van der Waals surface area contributed by atoms with Gasteiger partial charge in [-0.2, -0.15) is 0 Å². The first-order chi connectivity index (χ1) is 7.76. The summed E-state index contributed by atoms with van der Waals surface area (Å²) in [6.45, 7) is 3.84. The highest BCUT2D eigenvalue weighted by Gasteiger charge is 2.12. The Bertz CT molecular complexity index is 350. The molecule has 2 heteroatoms. The Hall–Kier alpha value is -0.910. The molecule has 1 N–H and O–H groups in total. The second-order valence-electron chi connectivity index (χ2n) is 3.61. The van der Waals surface area contributed by atoms with Crippen LogP contribution >= 0.6 is 11.8 Å². The summed E-state index contributed by atoms with van der Waals surface area (Å²) in [5.41, 5.74) is 0. The van der Waals surface area contributed by atoms with Gasteiger partial charge in [-0.15, -0.1) is 17.7 Å². The van der Waals surface area contributed by atoms with Crippen molar-refractivity contribution in [1.29, 1.82) is 0 Å². The third kappa shape index (κ3) is 4.74. The minimum atomic E-state index is -0.248. The molecule has 0 saturated heterocycles. The molecule has 0 bridgehead atoms. The molecule has 0 spiro atoms. The Morgan fingerprint density at radius 1 is 1.31 bits per heavy atom. The number of aliphatic hydroxyl groups excluding tert-OH is 1. The van der Waals surface area contributed by atoms with E-state index in [1.165, 1.54) is 4.90 Å². The van der Waals surface area contributed by atoms with Gasteiger partial charge in [0.05, 0.1) is 11.4 Å². The van der Waals surface area contributed by atoms with Crippen LogP contribution in [-0.2, 0) is 0 Å².